The fourth-order valence-corrected chi connectivity index (χ4v) is 13.2. The number of fused-ring (bicyclic) bond motifs is 7. The molecule has 2 aliphatic carbocycles. The maximum atomic E-state index is 5.13. The van der Waals surface area contributed by atoms with Crippen LogP contribution in [0.1, 0.15) is 77.6 Å². The van der Waals surface area contributed by atoms with Gasteiger partial charge in [0.15, 0.2) is 34.9 Å². The molecule has 0 unspecified atom stereocenters. The number of benzene rings is 11. The molecular formula is C82H68N6. The Hall–Kier alpha value is -10.3. The topological polar surface area (TPSA) is 77.3 Å². The van der Waals surface area contributed by atoms with Crippen LogP contribution in [0.15, 0.2) is 267 Å². The first-order chi connectivity index (χ1) is 42.7. The molecule has 0 saturated heterocycles. The molecule has 0 amide bonds. The molecule has 13 aromatic rings. The zero-order chi connectivity index (χ0) is 60.4. The minimum Gasteiger partial charge on any atom is -0.208 e. The Morgan fingerprint density at radius 2 is 0.477 bits per heavy atom. The largest absolute Gasteiger partial charge is 0.208 e. The Morgan fingerprint density at radius 1 is 0.193 bits per heavy atom. The third-order valence-electron chi connectivity index (χ3n) is 19.6. The number of hydrogen-bond acceptors (Lipinski definition) is 6. The molecule has 2 heterocycles. The lowest BCUT2D eigenvalue weighted by Crippen LogP contribution is -2.43. The maximum absolute atomic E-state index is 5.13. The van der Waals surface area contributed by atoms with Crippen molar-refractivity contribution in [2.45, 2.75) is 77.0 Å². The van der Waals surface area contributed by atoms with E-state index in [1.54, 1.807) is 0 Å². The predicted molar refractivity (Wildman–Crippen MR) is 364 cm³/mol. The molecule has 6 heteroatoms. The predicted octanol–water partition coefficient (Wildman–Crippen LogP) is 20.7. The van der Waals surface area contributed by atoms with Gasteiger partial charge in [-0.25, -0.2) is 29.9 Å². The molecule has 0 N–H and O–H groups in total. The zero-order valence-electron chi connectivity index (χ0n) is 51.1. The van der Waals surface area contributed by atoms with Crippen LogP contribution in [0, 0.1) is 0 Å². The van der Waals surface area contributed by atoms with Gasteiger partial charge in [-0.05, 0) is 117 Å². The van der Waals surface area contributed by atoms with E-state index in [0.717, 1.165) is 38.8 Å². The van der Waals surface area contributed by atoms with E-state index in [1.165, 1.54) is 72.1 Å². The van der Waals surface area contributed by atoms with Gasteiger partial charge in [0.1, 0.15) is 0 Å². The summed E-state index contributed by atoms with van der Waals surface area (Å²) >= 11 is 0. The van der Waals surface area contributed by atoms with Gasteiger partial charge in [0.05, 0.1) is 0 Å². The van der Waals surface area contributed by atoms with E-state index in [4.69, 9.17) is 29.9 Å². The first-order valence-corrected chi connectivity index (χ1v) is 30.5. The standard InChI is InChI=1S/C43H35N3.C39H33N3/c1-42(2)36-21-13-20-34(29-15-7-5-8-16-29)38(36)35-25-24-33(27-37(35)43(42,3)4)41-45-39(30-17-9-6-10-18-30)44-40(46-41)32-23-22-28-14-11-12-19-31(28)26-32;1-38(2)32-22-14-21-30(26-15-8-5-9-16-26)34(32)31-24-23-29(25-33(31)39(38,3)4)37-41-35(27-17-10-6-11-18-27)40-36(42-37)28-19-12-7-13-20-28/h5-27H,1-4H3;5-25H,1-4H3. The highest BCUT2D eigenvalue weighted by atomic mass is 15.0. The molecule has 2 aromatic heterocycles. The molecular weight excluding hydrogens is 1070 g/mol. The number of aromatic nitrogens is 6. The van der Waals surface area contributed by atoms with Crippen molar-refractivity contribution in [3.8, 4) is 113 Å². The molecule has 15 rings (SSSR count). The van der Waals surface area contributed by atoms with E-state index >= 15 is 0 Å². The highest BCUT2D eigenvalue weighted by Crippen LogP contribution is 2.58. The molecule has 2 aliphatic rings. The zero-order valence-corrected chi connectivity index (χ0v) is 51.1. The van der Waals surface area contributed by atoms with Gasteiger partial charge in [-0.3, -0.25) is 0 Å². The molecule has 6 nitrogen and oxygen atoms in total. The van der Waals surface area contributed by atoms with E-state index < -0.39 is 0 Å². The second kappa shape index (κ2) is 21.9. The van der Waals surface area contributed by atoms with Crippen LogP contribution in [0.25, 0.3) is 124 Å². The minimum absolute atomic E-state index is 0.109. The van der Waals surface area contributed by atoms with Crippen LogP contribution in [-0.2, 0) is 21.7 Å². The van der Waals surface area contributed by atoms with Crippen LogP contribution in [0.2, 0.25) is 0 Å². The van der Waals surface area contributed by atoms with Crippen molar-refractivity contribution in [2.24, 2.45) is 0 Å². The Bertz CT molecular complexity index is 4710. The van der Waals surface area contributed by atoms with E-state index in [9.17, 15) is 0 Å². The van der Waals surface area contributed by atoms with Crippen LogP contribution in [0.3, 0.4) is 0 Å². The van der Waals surface area contributed by atoms with Crippen molar-refractivity contribution in [1.29, 1.82) is 0 Å². The Kier molecular flexibility index (Phi) is 13.8. The summed E-state index contributed by atoms with van der Waals surface area (Å²) in [6, 6.07) is 93.9. The molecule has 0 aliphatic heterocycles. The van der Waals surface area contributed by atoms with Crippen molar-refractivity contribution in [1.82, 2.24) is 29.9 Å². The fourth-order valence-electron chi connectivity index (χ4n) is 13.2. The summed E-state index contributed by atoms with van der Waals surface area (Å²) in [7, 11) is 0. The van der Waals surface area contributed by atoms with Gasteiger partial charge in [-0.1, -0.05) is 304 Å². The average Bonchev–Trinajstić information content (AvgIpc) is 0.772. The summed E-state index contributed by atoms with van der Waals surface area (Å²) in [6.45, 7) is 19.0. The first kappa shape index (κ1) is 55.6. The van der Waals surface area contributed by atoms with Crippen LogP contribution < -0.4 is 0 Å². The van der Waals surface area contributed by atoms with Crippen molar-refractivity contribution < 1.29 is 0 Å². The molecule has 0 fully saturated rings. The number of nitrogens with zero attached hydrogens (tertiary/aromatic N) is 6. The lowest BCUT2D eigenvalue weighted by Gasteiger charge is -2.49. The van der Waals surface area contributed by atoms with Crippen molar-refractivity contribution >= 4 is 10.8 Å². The monoisotopic (exact) mass is 1140 g/mol. The lowest BCUT2D eigenvalue weighted by molar-refractivity contribution is 0.299. The van der Waals surface area contributed by atoms with Gasteiger partial charge < -0.3 is 0 Å². The molecule has 88 heavy (non-hydrogen) atoms. The van der Waals surface area contributed by atoms with Crippen LogP contribution in [0.4, 0.5) is 0 Å². The van der Waals surface area contributed by atoms with E-state index in [1.807, 2.05) is 54.6 Å². The van der Waals surface area contributed by atoms with Gasteiger partial charge in [-0.15, -0.1) is 0 Å². The second-order valence-electron chi connectivity index (χ2n) is 25.5. The Balaban J connectivity index is 0.000000155. The summed E-state index contributed by atoms with van der Waals surface area (Å²) in [5.74, 6) is 4.05. The van der Waals surface area contributed by atoms with E-state index in [2.05, 4.69) is 268 Å². The van der Waals surface area contributed by atoms with Crippen LogP contribution in [0.5, 0.6) is 0 Å². The third kappa shape index (κ3) is 9.61. The van der Waals surface area contributed by atoms with E-state index in [0.29, 0.717) is 34.9 Å². The molecule has 0 bridgehead atoms. The van der Waals surface area contributed by atoms with Crippen molar-refractivity contribution in [2.75, 3.05) is 0 Å². The summed E-state index contributed by atoms with van der Waals surface area (Å²) in [6.07, 6.45) is 0. The van der Waals surface area contributed by atoms with Crippen LogP contribution in [-0.4, -0.2) is 29.9 Å². The van der Waals surface area contributed by atoms with Gasteiger partial charge in [0, 0.05) is 33.4 Å². The molecule has 426 valence electrons. The molecule has 0 atom stereocenters. The average molecular weight is 1140 g/mol. The SMILES string of the molecule is CC1(C)c2cc(-c3nc(-c4ccccc4)nc(-c4ccc5ccccc5c4)n3)ccc2-c2c(-c3ccccc3)cccc2C1(C)C.CC1(C)c2cc(-c3nc(-c4ccccc4)nc(-c4ccccc4)n3)ccc2-c2c(-c3ccccc3)cccc2C1(C)C. The maximum Gasteiger partial charge on any atom is 0.164 e. The summed E-state index contributed by atoms with van der Waals surface area (Å²) in [5.41, 5.74) is 20.9. The third-order valence-corrected chi connectivity index (χ3v) is 19.6. The fraction of sp³-hybridized carbons (Fsp3) is 0.146. The molecule has 0 saturated carbocycles. The first-order valence-electron chi connectivity index (χ1n) is 30.5. The van der Waals surface area contributed by atoms with Crippen molar-refractivity contribution in [3.05, 3.63) is 289 Å². The van der Waals surface area contributed by atoms with Gasteiger partial charge in [0.2, 0.25) is 0 Å². The second-order valence-corrected chi connectivity index (χ2v) is 25.5. The number of hydrogen-bond donors (Lipinski definition) is 0. The van der Waals surface area contributed by atoms with Gasteiger partial charge in [-0.2, -0.15) is 0 Å². The Labute approximate surface area is 516 Å². The Morgan fingerprint density at radius 3 is 0.841 bits per heavy atom. The molecule has 0 spiro atoms. The smallest absolute Gasteiger partial charge is 0.164 e. The molecule has 11 aromatic carbocycles. The quantitative estimate of drug-likeness (QED) is 0.151. The summed E-state index contributed by atoms with van der Waals surface area (Å²) in [5, 5.41) is 2.35. The van der Waals surface area contributed by atoms with E-state index in [-0.39, 0.29) is 21.7 Å². The van der Waals surface area contributed by atoms with Crippen molar-refractivity contribution in [3.63, 3.8) is 0 Å². The molecule has 0 radical (unpaired) electrons. The summed E-state index contributed by atoms with van der Waals surface area (Å²) in [4.78, 5) is 30.1. The van der Waals surface area contributed by atoms with Gasteiger partial charge in [0.25, 0.3) is 0 Å². The van der Waals surface area contributed by atoms with Gasteiger partial charge >= 0.3 is 0 Å². The highest BCUT2D eigenvalue weighted by Gasteiger charge is 2.48. The summed E-state index contributed by atoms with van der Waals surface area (Å²) < 4.78 is 0. The minimum atomic E-state index is -0.156. The number of rotatable bonds is 8. The lowest BCUT2D eigenvalue weighted by atomic mass is 9.54. The normalized spacial score (nSPS) is 14.5. The highest BCUT2D eigenvalue weighted by molar-refractivity contribution is 5.93. The van der Waals surface area contributed by atoms with Crippen LogP contribution >= 0.6 is 0 Å².